The van der Waals surface area contributed by atoms with Gasteiger partial charge in [0.05, 0.1) is 6.33 Å². The standard InChI is InChI=1S/C16H23N3/c1-2-15-7-3-4-8-16(15)13-17-9-5-6-11-19-12-10-18-14-19/h3-4,7-8,10,12,14,17H,2,5-6,9,11,13H2,1H3. The van der Waals surface area contributed by atoms with Gasteiger partial charge in [-0.25, -0.2) is 4.98 Å². The van der Waals surface area contributed by atoms with Crippen LogP contribution in [0.2, 0.25) is 0 Å². The van der Waals surface area contributed by atoms with Crippen molar-refractivity contribution < 1.29 is 0 Å². The summed E-state index contributed by atoms with van der Waals surface area (Å²) in [4.78, 5) is 4.04. The molecule has 0 aliphatic rings. The van der Waals surface area contributed by atoms with Crippen LogP contribution in [0.1, 0.15) is 30.9 Å². The van der Waals surface area contributed by atoms with E-state index in [9.17, 15) is 0 Å². The van der Waals surface area contributed by atoms with Crippen LogP contribution in [0.3, 0.4) is 0 Å². The van der Waals surface area contributed by atoms with Crippen molar-refractivity contribution in [3.05, 3.63) is 54.1 Å². The van der Waals surface area contributed by atoms with Crippen LogP contribution in [-0.2, 0) is 19.5 Å². The number of unbranched alkanes of at least 4 members (excludes halogenated alkanes) is 1. The minimum Gasteiger partial charge on any atom is -0.337 e. The fourth-order valence-corrected chi connectivity index (χ4v) is 2.26. The molecule has 2 aromatic rings. The van der Waals surface area contributed by atoms with Crippen molar-refractivity contribution in [3.8, 4) is 0 Å². The second-order valence-corrected chi connectivity index (χ2v) is 4.81. The van der Waals surface area contributed by atoms with Crippen molar-refractivity contribution in [1.29, 1.82) is 0 Å². The summed E-state index contributed by atoms with van der Waals surface area (Å²) in [6, 6.07) is 8.68. The molecule has 0 unspecified atom stereocenters. The Balaban J connectivity index is 1.61. The number of benzene rings is 1. The Morgan fingerprint density at radius 3 is 2.74 bits per heavy atom. The number of aromatic nitrogens is 2. The lowest BCUT2D eigenvalue weighted by molar-refractivity contribution is 0.567. The Morgan fingerprint density at radius 2 is 2.00 bits per heavy atom. The lowest BCUT2D eigenvalue weighted by Crippen LogP contribution is -2.16. The highest BCUT2D eigenvalue weighted by molar-refractivity contribution is 5.26. The maximum Gasteiger partial charge on any atom is 0.0945 e. The van der Waals surface area contributed by atoms with Gasteiger partial charge in [-0.2, -0.15) is 0 Å². The number of rotatable bonds is 8. The van der Waals surface area contributed by atoms with Gasteiger partial charge in [0.15, 0.2) is 0 Å². The van der Waals surface area contributed by atoms with Gasteiger partial charge in [0, 0.05) is 25.5 Å². The summed E-state index contributed by atoms with van der Waals surface area (Å²) in [5.41, 5.74) is 2.88. The zero-order chi connectivity index (χ0) is 13.3. The summed E-state index contributed by atoms with van der Waals surface area (Å²) in [5, 5.41) is 3.53. The third-order valence-electron chi connectivity index (χ3n) is 3.39. The van der Waals surface area contributed by atoms with Gasteiger partial charge in [-0.15, -0.1) is 0 Å². The highest BCUT2D eigenvalue weighted by Gasteiger charge is 1.98. The number of imidazole rings is 1. The lowest BCUT2D eigenvalue weighted by atomic mass is 10.1. The molecule has 0 aliphatic carbocycles. The molecule has 0 atom stereocenters. The van der Waals surface area contributed by atoms with Crippen molar-refractivity contribution in [3.63, 3.8) is 0 Å². The lowest BCUT2D eigenvalue weighted by Gasteiger charge is -2.09. The monoisotopic (exact) mass is 257 g/mol. The Morgan fingerprint density at radius 1 is 1.16 bits per heavy atom. The minimum atomic E-state index is 0.981. The molecule has 0 saturated heterocycles. The van der Waals surface area contributed by atoms with E-state index in [4.69, 9.17) is 0 Å². The molecule has 1 aromatic carbocycles. The first-order valence-electron chi connectivity index (χ1n) is 7.13. The first-order chi connectivity index (χ1) is 9.40. The Hall–Kier alpha value is -1.61. The molecule has 0 radical (unpaired) electrons. The number of nitrogens with one attached hydrogen (secondary N) is 1. The van der Waals surface area contributed by atoms with Gasteiger partial charge in [0.1, 0.15) is 0 Å². The zero-order valence-electron chi connectivity index (χ0n) is 11.7. The van der Waals surface area contributed by atoms with E-state index in [1.54, 1.807) is 0 Å². The van der Waals surface area contributed by atoms with E-state index in [1.165, 1.54) is 24.0 Å². The van der Waals surface area contributed by atoms with Gasteiger partial charge < -0.3 is 9.88 Å². The maximum absolute atomic E-state index is 4.04. The summed E-state index contributed by atoms with van der Waals surface area (Å²) < 4.78 is 2.13. The highest BCUT2D eigenvalue weighted by atomic mass is 15.0. The van der Waals surface area contributed by atoms with Gasteiger partial charge in [0.25, 0.3) is 0 Å². The Labute approximate surface area is 115 Å². The largest absolute Gasteiger partial charge is 0.337 e. The number of hydrogen-bond donors (Lipinski definition) is 1. The maximum atomic E-state index is 4.04. The quantitative estimate of drug-likeness (QED) is 0.737. The molecule has 0 bridgehead atoms. The number of hydrogen-bond acceptors (Lipinski definition) is 2. The van der Waals surface area contributed by atoms with E-state index in [2.05, 4.69) is 46.1 Å². The summed E-state index contributed by atoms with van der Waals surface area (Å²) in [6.07, 6.45) is 9.24. The molecule has 0 fully saturated rings. The van der Waals surface area contributed by atoms with Crippen LogP contribution >= 0.6 is 0 Å². The molecule has 1 aromatic heterocycles. The third kappa shape index (κ3) is 4.52. The zero-order valence-corrected chi connectivity index (χ0v) is 11.7. The second-order valence-electron chi connectivity index (χ2n) is 4.81. The fourth-order valence-electron chi connectivity index (χ4n) is 2.26. The summed E-state index contributed by atoms with van der Waals surface area (Å²) >= 11 is 0. The van der Waals surface area contributed by atoms with E-state index in [0.29, 0.717) is 0 Å². The predicted molar refractivity (Wildman–Crippen MR) is 79.0 cm³/mol. The molecular formula is C16H23N3. The third-order valence-corrected chi connectivity index (χ3v) is 3.39. The Kier molecular flexibility index (Phi) is 5.63. The first kappa shape index (κ1) is 13.8. The van der Waals surface area contributed by atoms with Crippen LogP contribution in [0.5, 0.6) is 0 Å². The van der Waals surface area contributed by atoms with Gasteiger partial charge in [-0.3, -0.25) is 0 Å². The molecule has 0 saturated carbocycles. The van der Waals surface area contributed by atoms with Crippen LogP contribution < -0.4 is 5.32 Å². The molecule has 0 spiro atoms. The molecule has 0 aliphatic heterocycles. The van der Waals surface area contributed by atoms with Crippen molar-refractivity contribution in [2.75, 3.05) is 6.54 Å². The average Bonchev–Trinajstić information content (AvgIpc) is 2.96. The molecule has 102 valence electrons. The van der Waals surface area contributed by atoms with E-state index in [0.717, 1.165) is 26.1 Å². The molecule has 3 heteroatoms. The van der Waals surface area contributed by atoms with Crippen LogP contribution in [0.25, 0.3) is 0 Å². The van der Waals surface area contributed by atoms with Gasteiger partial charge in [0.2, 0.25) is 0 Å². The topological polar surface area (TPSA) is 29.9 Å². The van der Waals surface area contributed by atoms with Crippen LogP contribution in [0.15, 0.2) is 43.0 Å². The van der Waals surface area contributed by atoms with Crippen molar-refractivity contribution in [1.82, 2.24) is 14.9 Å². The molecule has 2 rings (SSSR count). The van der Waals surface area contributed by atoms with E-state index >= 15 is 0 Å². The SMILES string of the molecule is CCc1ccccc1CNCCCCn1ccnc1. The van der Waals surface area contributed by atoms with Crippen molar-refractivity contribution in [2.45, 2.75) is 39.3 Å². The first-order valence-corrected chi connectivity index (χ1v) is 7.13. The number of nitrogens with zero attached hydrogens (tertiary/aromatic N) is 2. The van der Waals surface area contributed by atoms with Crippen molar-refractivity contribution in [2.24, 2.45) is 0 Å². The average molecular weight is 257 g/mol. The van der Waals surface area contributed by atoms with E-state index < -0.39 is 0 Å². The molecular weight excluding hydrogens is 234 g/mol. The summed E-state index contributed by atoms with van der Waals surface area (Å²) in [6.45, 7) is 5.33. The summed E-state index contributed by atoms with van der Waals surface area (Å²) in [7, 11) is 0. The van der Waals surface area contributed by atoms with Gasteiger partial charge >= 0.3 is 0 Å². The normalized spacial score (nSPS) is 10.8. The summed E-state index contributed by atoms with van der Waals surface area (Å²) in [5.74, 6) is 0. The molecule has 19 heavy (non-hydrogen) atoms. The van der Waals surface area contributed by atoms with E-state index in [1.807, 2.05) is 18.7 Å². The molecule has 1 N–H and O–H groups in total. The fraction of sp³-hybridized carbons (Fsp3) is 0.438. The van der Waals surface area contributed by atoms with Gasteiger partial charge in [-0.1, -0.05) is 31.2 Å². The minimum absolute atomic E-state index is 0.981. The van der Waals surface area contributed by atoms with Crippen molar-refractivity contribution >= 4 is 0 Å². The van der Waals surface area contributed by atoms with Crippen LogP contribution in [-0.4, -0.2) is 16.1 Å². The van der Waals surface area contributed by atoms with Gasteiger partial charge in [-0.05, 0) is 36.9 Å². The number of aryl methyl sites for hydroxylation is 2. The highest BCUT2D eigenvalue weighted by Crippen LogP contribution is 2.08. The van der Waals surface area contributed by atoms with Crippen LogP contribution in [0.4, 0.5) is 0 Å². The van der Waals surface area contributed by atoms with Crippen LogP contribution in [0, 0.1) is 0 Å². The Bertz CT molecular complexity index is 463. The molecule has 3 nitrogen and oxygen atoms in total. The predicted octanol–water partition coefficient (Wildman–Crippen LogP) is 3.02. The molecule has 1 heterocycles. The van der Waals surface area contributed by atoms with E-state index in [-0.39, 0.29) is 0 Å². The smallest absolute Gasteiger partial charge is 0.0945 e. The second kappa shape index (κ2) is 7.74. The molecule has 0 amide bonds.